The minimum atomic E-state index is 0.234. The van der Waals surface area contributed by atoms with E-state index in [4.69, 9.17) is 10.9 Å². The molecule has 0 atom stereocenters. The lowest BCUT2D eigenvalue weighted by molar-refractivity contribution is 0.317. The molecule has 0 aliphatic carbocycles. The number of thiazole rings is 1. The van der Waals surface area contributed by atoms with Gasteiger partial charge in [-0.2, -0.15) is 0 Å². The van der Waals surface area contributed by atoms with E-state index in [0.717, 1.165) is 15.3 Å². The van der Waals surface area contributed by atoms with Gasteiger partial charge in [-0.15, -0.1) is 0 Å². The molecule has 6 heteroatoms. The summed E-state index contributed by atoms with van der Waals surface area (Å²) in [6.07, 6.45) is 0.517. The Morgan fingerprint density at radius 2 is 2.29 bits per heavy atom. The van der Waals surface area contributed by atoms with Crippen molar-refractivity contribution in [3.63, 3.8) is 0 Å². The Morgan fingerprint density at radius 3 is 3.00 bits per heavy atom. The summed E-state index contributed by atoms with van der Waals surface area (Å²) in [5.74, 6) is 0.234. The maximum atomic E-state index is 8.46. The van der Waals surface area contributed by atoms with Gasteiger partial charge in [-0.05, 0) is 12.1 Å². The van der Waals surface area contributed by atoms with Gasteiger partial charge in [-0.3, -0.25) is 0 Å². The van der Waals surface area contributed by atoms with E-state index in [0.29, 0.717) is 13.0 Å². The smallest absolute Gasteiger partial charge is 0.186 e. The van der Waals surface area contributed by atoms with E-state index in [1.54, 1.807) is 11.3 Å². The predicted octanol–water partition coefficient (Wildman–Crippen LogP) is 1.87. The number of hydrogen-bond acceptors (Lipinski definition) is 5. The second-order valence-electron chi connectivity index (χ2n) is 3.73. The van der Waals surface area contributed by atoms with Crippen molar-refractivity contribution in [1.82, 2.24) is 4.98 Å². The van der Waals surface area contributed by atoms with Crippen LogP contribution in [0.15, 0.2) is 29.4 Å². The molecule has 0 aliphatic heterocycles. The molecule has 0 radical (unpaired) electrons. The van der Waals surface area contributed by atoms with E-state index >= 15 is 0 Å². The highest BCUT2D eigenvalue weighted by Crippen LogP contribution is 2.27. The molecule has 0 bridgehead atoms. The number of aromatic nitrogens is 1. The number of hydrogen-bond donors (Lipinski definition) is 2. The van der Waals surface area contributed by atoms with Crippen LogP contribution in [0.4, 0.5) is 5.13 Å². The Hall–Kier alpha value is -1.82. The number of rotatable bonds is 4. The lowest BCUT2D eigenvalue weighted by Crippen LogP contribution is -2.24. The monoisotopic (exact) mass is 250 g/mol. The summed E-state index contributed by atoms with van der Waals surface area (Å²) in [6, 6.07) is 8.02. The van der Waals surface area contributed by atoms with Gasteiger partial charge >= 0.3 is 0 Å². The Balaban J connectivity index is 2.11. The van der Waals surface area contributed by atoms with Gasteiger partial charge in [0.25, 0.3) is 0 Å². The van der Waals surface area contributed by atoms with E-state index in [2.05, 4.69) is 10.1 Å². The third-order valence-electron chi connectivity index (χ3n) is 2.44. The van der Waals surface area contributed by atoms with Gasteiger partial charge in [0.15, 0.2) is 5.13 Å². The molecule has 0 unspecified atom stereocenters. The van der Waals surface area contributed by atoms with Gasteiger partial charge in [0.2, 0.25) is 0 Å². The van der Waals surface area contributed by atoms with Crippen LogP contribution in [0.3, 0.4) is 0 Å². The summed E-state index contributed by atoms with van der Waals surface area (Å²) in [5, 5.41) is 12.4. The number of amidine groups is 1. The van der Waals surface area contributed by atoms with Crippen molar-refractivity contribution < 1.29 is 5.21 Å². The van der Waals surface area contributed by atoms with Crippen LogP contribution in [0, 0.1) is 0 Å². The largest absolute Gasteiger partial charge is 0.409 e. The first-order valence-corrected chi connectivity index (χ1v) is 6.05. The van der Waals surface area contributed by atoms with Crippen LogP contribution in [0.1, 0.15) is 6.42 Å². The third kappa shape index (κ3) is 2.65. The first-order valence-electron chi connectivity index (χ1n) is 5.24. The summed E-state index contributed by atoms with van der Waals surface area (Å²) >= 11 is 1.64. The van der Waals surface area contributed by atoms with Crippen molar-refractivity contribution in [3.8, 4) is 0 Å². The number of oxime groups is 1. The SMILES string of the molecule is CN(CCC(N)=NO)c1nc2ccccc2s1. The maximum Gasteiger partial charge on any atom is 0.186 e. The van der Waals surface area contributed by atoms with Gasteiger partial charge in [-0.25, -0.2) is 4.98 Å². The minimum absolute atomic E-state index is 0.234. The normalized spacial score (nSPS) is 11.9. The molecule has 2 aromatic rings. The third-order valence-corrected chi connectivity index (χ3v) is 3.59. The Labute approximate surface area is 103 Å². The quantitative estimate of drug-likeness (QED) is 0.376. The van der Waals surface area contributed by atoms with E-state index in [1.807, 2.05) is 36.2 Å². The number of para-hydroxylation sites is 1. The van der Waals surface area contributed by atoms with Gasteiger partial charge < -0.3 is 15.8 Å². The standard InChI is InChI=1S/C11H14N4OS/c1-15(7-6-10(12)14-16)11-13-8-4-2-3-5-9(8)17-11/h2-5,16H,6-7H2,1H3,(H2,12,14). The van der Waals surface area contributed by atoms with Crippen molar-refractivity contribution in [2.24, 2.45) is 10.9 Å². The predicted molar refractivity (Wildman–Crippen MR) is 70.9 cm³/mol. The van der Waals surface area contributed by atoms with Crippen LogP contribution in [0.2, 0.25) is 0 Å². The van der Waals surface area contributed by atoms with Crippen LogP contribution in [0.25, 0.3) is 10.2 Å². The van der Waals surface area contributed by atoms with Crippen molar-refractivity contribution >= 4 is 32.5 Å². The zero-order chi connectivity index (χ0) is 12.3. The molecule has 0 saturated heterocycles. The first-order chi connectivity index (χ1) is 8.20. The number of fused-ring (bicyclic) bond motifs is 1. The number of nitrogens with two attached hydrogens (primary N) is 1. The van der Waals surface area contributed by atoms with Gasteiger partial charge in [0.1, 0.15) is 5.84 Å². The zero-order valence-corrected chi connectivity index (χ0v) is 10.3. The molecule has 1 aromatic carbocycles. The molecule has 0 fully saturated rings. The molecule has 2 rings (SSSR count). The fourth-order valence-electron chi connectivity index (χ4n) is 1.45. The Kier molecular flexibility index (Phi) is 3.43. The first kappa shape index (κ1) is 11.7. The second-order valence-corrected chi connectivity index (χ2v) is 4.74. The van der Waals surface area contributed by atoms with E-state index < -0.39 is 0 Å². The number of anilines is 1. The second kappa shape index (κ2) is 5.01. The highest BCUT2D eigenvalue weighted by Gasteiger charge is 2.08. The molecular weight excluding hydrogens is 236 g/mol. The van der Waals surface area contributed by atoms with Gasteiger partial charge in [-0.1, -0.05) is 28.6 Å². The van der Waals surface area contributed by atoms with Crippen molar-refractivity contribution in [1.29, 1.82) is 0 Å². The van der Waals surface area contributed by atoms with Crippen molar-refractivity contribution in [2.45, 2.75) is 6.42 Å². The molecule has 0 saturated carbocycles. The van der Waals surface area contributed by atoms with Crippen LogP contribution < -0.4 is 10.6 Å². The highest BCUT2D eigenvalue weighted by atomic mass is 32.1. The van der Waals surface area contributed by atoms with E-state index in [1.165, 1.54) is 0 Å². The minimum Gasteiger partial charge on any atom is -0.409 e. The molecule has 0 aliphatic rings. The molecular formula is C11H14N4OS. The molecule has 17 heavy (non-hydrogen) atoms. The Bertz CT molecular complexity index is 504. The summed E-state index contributed by atoms with van der Waals surface area (Å²) in [6.45, 7) is 0.676. The van der Waals surface area contributed by atoms with Crippen LogP contribution >= 0.6 is 11.3 Å². The van der Waals surface area contributed by atoms with Crippen molar-refractivity contribution in [3.05, 3.63) is 24.3 Å². The molecule has 1 heterocycles. The average molecular weight is 250 g/mol. The lowest BCUT2D eigenvalue weighted by Gasteiger charge is -2.14. The van der Waals surface area contributed by atoms with Gasteiger partial charge in [0, 0.05) is 20.0 Å². The maximum absolute atomic E-state index is 8.46. The fraction of sp³-hybridized carbons (Fsp3) is 0.273. The molecule has 3 N–H and O–H groups in total. The summed E-state index contributed by atoms with van der Waals surface area (Å²) in [4.78, 5) is 6.52. The molecule has 0 spiro atoms. The van der Waals surface area contributed by atoms with Gasteiger partial charge in [0.05, 0.1) is 10.2 Å². The van der Waals surface area contributed by atoms with Crippen LogP contribution in [-0.2, 0) is 0 Å². The zero-order valence-electron chi connectivity index (χ0n) is 9.50. The molecule has 0 amide bonds. The van der Waals surface area contributed by atoms with Crippen LogP contribution in [0.5, 0.6) is 0 Å². The summed E-state index contributed by atoms with van der Waals surface area (Å²) in [5.41, 5.74) is 6.43. The number of benzene rings is 1. The summed E-state index contributed by atoms with van der Waals surface area (Å²) in [7, 11) is 1.95. The summed E-state index contributed by atoms with van der Waals surface area (Å²) < 4.78 is 1.16. The van der Waals surface area contributed by atoms with E-state index in [-0.39, 0.29) is 5.84 Å². The average Bonchev–Trinajstić information content (AvgIpc) is 2.79. The number of nitrogens with zero attached hydrogens (tertiary/aromatic N) is 3. The molecule has 1 aromatic heterocycles. The highest BCUT2D eigenvalue weighted by molar-refractivity contribution is 7.22. The lowest BCUT2D eigenvalue weighted by atomic mass is 10.3. The molecule has 5 nitrogen and oxygen atoms in total. The fourth-order valence-corrected chi connectivity index (χ4v) is 2.40. The van der Waals surface area contributed by atoms with E-state index in [9.17, 15) is 0 Å². The topological polar surface area (TPSA) is 74.7 Å². The van der Waals surface area contributed by atoms with Crippen LogP contribution in [-0.4, -0.2) is 29.6 Å². The van der Waals surface area contributed by atoms with Crippen molar-refractivity contribution in [2.75, 3.05) is 18.5 Å². The molecule has 90 valence electrons. The Morgan fingerprint density at radius 1 is 1.53 bits per heavy atom.